The van der Waals surface area contributed by atoms with Crippen molar-refractivity contribution in [3.63, 3.8) is 0 Å². The van der Waals surface area contributed by atoms with Gasteiger partial charge in [-0.15, -0.1) is 0 Å². The summed E-state index contributed by atoms with van der Waals surface area (Å²) in [4.78, 5) is 11.0. The number of rotatable bonds is 3. The first-order valence-corrected chi connectivity index (χ1v) is 3.65. The van der Waals surface area contributed by atoms with Crippen LogP contribution in [0.3, 0.4) is 0 Å². The highest BCUT2D eigenvalue weighted by molar-refractivity contribution is 5.81. The van der Waals surface area contributed by atoms with E-state index in [-0.39, 0.29) is 11.6 Å². The van der Waals surface area contributed by atoms with Gasteiger partial charge in [0.25, 0.3) is 0 Å². The maximum absolute atomic E-state index is 11.0. The van der Waals surface area contributed by atoms with Crippen molar-refractivity contribution in [2.24, 2.45) is 5.73 Å². The van der Waals surface area contributed by atoms with Crippen LogP contribution in [0.15, 0.2) is 0 Å². The fourth-order valence-corrected chi connectivity index (χ4v) is 0.484. The standard InChI is InChI=1S/C7H17N3O/c1-5(8)6(11)10-7(2,3)9-4/h5,9H,8H2,1-4H3,(H,10,11). The van der Waals surface area contributed by atoms with Gasteiger partial charge in [0.2, 0.25) is 5.91 Å². The molecule has 0 fully saturated rings. The van der Waals surface area contributed by atoms with E-state index in [1.807, 2.05) is 13.8 Å². The lowest BCUT2D eigenvalue weighted by Crippen LogP contribution is -2.56. The van der Waals surface area contributed by atoms with Gasteiger partial charge in [-0.05, 0) is 27.8 Å². The van der Waals surface area contributed by atoms with Crippen LogP contribution in [0.1, 0.15) is 20.8 Å². The Kier molecular flexibility index (Phi) is 3.48. The van der Waals surface area contributed by atoms with Crippen LogP contribution in [0.2, 0.25) is 0 Å². The molecule has 0 bridgehead atoms. The summed E-state index contributed by atoms with van der Waals surface area (Å²) >= 11 is 0. The quantitative estimate of drug-likeness (QED) is 0.482. The molecule has 0 aliphatic rings. The summed E-state index contributed by atoms with van der Waals surface area (Å²) in [5.41, 5.74) is 4.97. The number of hydrogen-bond donors (Lipinski definition) is 3. The zero-order chi connectivity index (χ0) is 9.07. The first-order chi connectivity index (χ1) is 4.89. The van der Waals surface area contributed by atoms with E-state index in [0.29, 0.717) is 0 Å². The maximum Gasteiger partial charge on any atom is 0.238 e. The van der Waals surface area contributed by atoms with E-state index in [9.17, 15) is 4.79 Å². The SMILES string of the molecule is CNC(C)(C)NC(=O)C(C)N. The van der Waals surface area contributed by atoms with Crippen molar-refractivity contribution in [1.82, 2.24) is 10.6 Å². The van der Waals surface area contributed by atoms with Crippen molar-refractivity contribution in [2.75, 3.05) is 7.05 Å². The highest BCUT2D eigenvalue weighted by Crippen LogP contribution is 1.94. The van der Waals surface area contributed by atoms with Gasteiger partial charge < -0.3 is 11.1 Å². The molecular formula is C7H17N3O. The molecule has 4 heteroatoms. The van der Waals surface area contributed by atoms with Crippen LogP contribution < -0.4 is 16.4 Å². The van der Waals surface area contributed by atoms with Crippen molar-refractivity contribution >= 4 is 5.91 Å². The minimum atomic E-state index is -0.456. The number of nitrogens with two attached hydrogens (primary N) is 1. The van der Waals surface area contributed by atoms with Gasteiger partial charge in [0.1, 0.15) is 0 Å². The Morgan fingerprint density at radius 1 is 1.55 bits per heavy atom. The van der Waals surface area contributed by atoms with Gasteiger partial charge in [-0.2, -0.15) is 0 Å². The number of hydrogen-bond acceptors (Lipinski definition) is 3. The lowest BCUT2D eigenvalue weighted by atomic mass is 10.2. The third-order valence-corrected chi connectivity index (χ3v) is 1.47. The average molecular weight is 159 g/mol. The molecular weight excluding hydrogens is 142 g/mol. The lowest BCUT2D eigenvalue weighted by Gasteiger charge is -2.26. The smallest absolute Gasteiger partial charge is 0.238 e. The summed E-state index contributed by atoms with van der Waals surface area (Å²) in [6.07, 6.45) is 0. The molecule has 0 radical (unpaired) electrons. The molecule has 0 aromatic carbocycles. The molecule has 0 saturated carbocycles. The molecule has 0 aliphatic carbocycles. The van der Waals surface area contributed by atoms with E-state index in [0.717, 1.165) is 0 Å². The lowest BCUT2D eigenvalue weighted by molar-refractivity contribution is -0.123. The van der Waals surface area contributed by atoms with Crippen molar-refractivity contribution in [3.8, 4) is 0 Å². The first kappa shape index (κ1) is 10.4. The van der Waals surface area contributed by atoms with Gasteiger partial charge in [0, 0.05) is 0 Å². The van der Waals surface area contributed by atoms with Crippen molar-refractivity contribution in [3.05, 3.63) is 0 Å². The summed E-state index contributed by atoms with van der Waals surface area (Å²) in [7, 11) is 1.78. The van der Waals surface area contributed by atoms with Crippen molar-refractivity contribution < 1.29 is 4.79 Å². The zero-order valence-corrected chi connectivity index (χ0v) is 7.56. The Morgan fingerprint density at radius 2 is 2.00 bits per heavy atom. The second-order valence-electron chi connectivity index (χ2n) is 3.15. The van der Waals surface area contributed by atoms with Crippen LogP contribution >= 0.6 is 0 Å². The molecule has 0 saturated heterocycles. The van der Waals surface area contributed by atoms with E-state index >= 15 is 0 Å². The van der Waals surface area contributed by atoms with Crippen molar-refractivity contribution in [2.45, 2.75) is 32.5 Å². The Hall–Kier alpha value is -0.610. The largest absolute Gasteiger partial charge is 0.337 e. The Labute approximate surface area is 67.5 Å². The van der Waals surface area contributed by atoms with Gasteiger partial charge in [0.15, 0.2) is 0 Å². The fourth-order valence-electron chi connectivity index (χ4n) is 0.484. The van der Waals surface area contributed by atoms with Crippen molar-refractivity contribution in [1.29, 1.82) is 0 Å². The normalized spacial score (nSPS) is 14.3. The van der Waals surface area contributed by atoms with E-state index in [1.165, 1.54) is 0 Å². The number of carbonyl (C=O) groups excluding carboxylic acids is 1. The molecule has 4 N–H and O–H groups in total. The molecule has 0 spiro atoms. The van der Waals surface area contributed by atoms with E-state index in [1.54, 1.807) is 14.0 Å². The highest BCUT2D eigenvalue weighted by Gasteiger charge is 2.18. The summed E-state index contributed by atoms with van der Waals surface area (Å²) in [6.45, 7) is 5.39. The topological polar surface area (TPSA) is 67.1 Å². The maximum atomic E-state index is 11.0. The second kappa shape index (κ2) is 3.69. The predicted octanol–water partition coefficient (Wildman–Crippen LogP) is -0.595. The van der Waals surface area contributed by atoms with Crippen LogP contribution in [0.25, 0.3) is 0 Å². The van der Waals surface area contributed by atoms with Gasteiger partial charge >= 0.3 is 0 Å². The van der Waals surface area contributed by atoms with Gasteiger partial charge in [0.05, 0.1) is 11.7 Å². The van der Waals surface area contributed by atoms with E-state index in [4.69, 9.17) is 5.73 Å². The van der Waals surface area contributed by atoms with Crippen LogP contribution in [0, 0.1) is 0 Å². The van der Waals surface area contributed by atoms with Gasteiger partial charge in [-0.3, -0.25) is 10.1 Å². The molecule has 11 heavy (non-hydrogen) atoms. The third-order valence-electron chi connectivity index (χ3n) is 1.47. The third kappa shape index (κ3) is 3.95. The summed E-state index contributed by atoms with van der Waals surface area (Å²) in [6, 6.07) is -0.456. The molecule has 1 unspecified atom stereocenters. The van der Waals surface area contributed by atoms with E-state index in [2.05, 4.69) is 10.6 Å². The molecule has 4 nitrogen and oxygen atoms in total. The minimum absolute atomic E-state index is 0.149. The first-order valence-electron chi connectivity index (χ1n) is 3.65. The summed E-state index contributed by atoms with van der Waals surface area (Å²) < 4.78 is 0. The highest BCUT2D eigenvalue weighted by atomic mass is 16.2. The Bertz CT molecular complexity index is 143. The second-order valence-corrected chi connectivity index (χ2v) is 3.15. The summed E-state index contributed by atoms with van der Waals surface area (Å²) in [5, 5.41) is 5.67. The van der Waals surface area contributed by atoms with Gasteiger partial charge in [-0.1, -0.05) is 0 Å². The molecule has 1 amide bonds. The fraction of sp³-hybridized carbons (Fsp3) is 0.857. The molecule has 0 heterocycles. The number of amides is 1. The summed E-state index contributed by atoms with van der Waals surface area (Å²) in [5.74, 6) is -0.149. The Balaban J connectivity index is 3.94. The monoisotopic (exact) mass is 159 g/mol. The Morgan fingerprint density at radius 3 is 2.27 bits per heavy atom. The van der Waals surface area contributed by atoms with Crippen LogP contribution in [0.5, 0.6) is 0 Å². The molecule has 66 valence electrons. The van der Waals surface area contributed by atoms with Crippen LogP contribution in [0.4, 0.5) is 0 Å². The van der Waals surface area contributed by atoms with E-state index < -0.39 is 6.04 Å². The minimum Gasteiger partial charge on any atom is -0.337 e. The average Bonchev–Trinajstić information content (AvgIpc) is 1.87. The molecule has 0 aliphatic heterocycles. The predicted molar refractivity (Wildman–Crippen MR) is 44.9 cm³/mol. The zero-order valence-electron chi connectivity index (χ0n) is 7.56. The number of nitrogens with one attached hydrogen (secondary N) is 2. The molecule has 0 aromatic rings. The van der Waals surface area contributed by atoms with Crippen LogP contribution in [-0.2, 0) is 4.79 Å². The molecule has 0 rings (SSSR count). The van der Waals surface area contributed by atoms with Gasteiger partial charge in [-0.25, -0.2) is 0 Å². The number of carbonyl (C=O) groups is 1. The molecule has 1 atom stereocenters. The van der Waals surface area contributed by atoms with Crippen LogP contribution in [-0.4, -0.2) is 24.7 Å². The molecule has 0 aromatic heterocycles.